The number of nitrogens with zero attached hydrogens (tertiary/aromatic N) is 2. The van der Waals surface area contributed by atoms with Crippen LogP contribution >= 0.6 is 0 Å². The predicted octanol–water partition coefficient (Wildman–Crippen LogP) is 3.25. The second kappa shape index (κ2) is 6.67. The van der Waals surface area contributed by atoms with E-state index < -0.39 is 17.4 Å². The van der Waals surface area contributed by atoms with E-state index in [4.69, 9.17) is 0 Å². The number of H-pyrrole nitrogens is 1. The Morgan fingerprint density at radius 1 is 1.17 bits per heavy atom. The van der Waals surface area contributed by atoms with Gasteiger partial charge in [0.05, 0.1) is 0 Å². The van der Waals surface area contributed by atoms with Crippen molar-refractivity contribution in [3.8, 4) is 0 Å². The Labute approximate surface area is 137 Å². The number of hydrogen-bond acceptors (Lipinski definition) is 3. The van der Waals surface area contributed by atoms with Crippen molar-refractivity contribution in [1.82, 2.24) is 9.97 Å². The second-order valence-corrected chi connectivity index (χ2v) is 6.07. The molecule has 1 aliphatic heterocycles. The minimum absolute atomic E-state index is 0.00739. The first-order valence-electron chi connectivity index (χ1n) is 7.89. The monoisotopic (exact) mass is 337 g/mol. The number of halogens is 3. The Morgan fingerprint density at radius 3 is 2.46 bits per heavy atom. The van der Waals surface area contributed by atoms with Crippen molar-refractivity contribution in [3.63, 3.8) is 0 Å². The Balaban J connectivity index is 1.67. The molecule has 1 N–H and O–H groups in total. The van der Waals surface area contributed by atoms with Crippen molar-refractivity contribution < 1.29 is 13.2 Å². The lowest BCUT2D eigenvalue weighted by Gasteiger charge is -2.32. The molecule has 0 amide bonds. The van der Waals surface area contributed by atoms with Gasteiger partial charge in [0.25, 0.3) is 5.56 Å². The quantitative estimate of drug-likeness (QED) is 0.935. The number of rotatable bonds is 3. The van der Waals surface area contributed by atoms with Crippen LogP contribution < -0.4 is 10.5 Å². The maximum Gasteiger partial charge on any atom is 0.433 e. The smallest absolute Gasteiger partial charge is 0.342 e. The third-order valence-electron chi connectivity index (χ3n) is 4.30. The molecule has 1 aromatic carbocycles. The van der Waals surface area contributed by atoms with Crippen molar-refractivity contribution in [2.45, 2.75) is 25.4 Å². The SMILES string of the molecule is O=c1cc(C(F)(F)F)nc(N2CCC(Cc3ccccc3)CC2)[nH]1. The first-order chi connectivity index (χ1) is 11.4. The van der Waals surface area contributed by atoms with E-state index in [9.17, 15) is 18.0 Å². The normalized spacial score (nSPS) is 16.4. The first kappa shape index (κ1) is 16.5. The van der Waals surface area contributed by atoms with Crippen LogP contribution in [0.1, 0.15) is 24.1 Å². The van der Waals surface area contributed by atoms with Gasteiger partial charge in [-0.05, 0) is 30.7 Å². The summed E-state index contributed by atoms with van der Waals surface area (Å²) in [5, 5.41) is 0. The van der Waals surface area contributed by atoms with Crippen LogP contribution in [0.4, 0.5) is 19.1 Å². The van der Waals surface area contributed by atoms with E-state index in [0.717, 1.165) is 19.3 Å². The zero-order valence-corrected chi connectivity index (χ0v) is 13.0. The van der Waals surface area contributed by atoms with E-state index in [1.807, 2.05) is 18.2 Å². The molecule has 128 valence electrons. The van der Waals surface area contributed by atoms with Gasteiger partial charge in [-0.3, -0.25) is 9.78 Å². The molecule has 1 aromatic heterocycles. The van der Waals surface area contributed by atoms with Crippen LogP contribution in [0.2, 0.25) is 0 Å². The number of nitrogens with one attached hydrogen (secondary N) is 1. The lowest BCUT2D eigenvalue weighted by atomic mass is 9.90. The summed E-state index contributed by atoms with van der Waals surface area (Å²) in [6, 6.07) is 10.6. The van der Waals surface area contributed by atoms with E-state index in [1.165, 1.54) is 5.56 Å². The van der Waals surface area contributed by atoms with Crippen molar-refractivity contribution >= 4 is 5.95 Å². The maximum absolute atomic E-state index is 12.8. The fraction of sp³-hybridized carbons (Fsp3) is 0.412. The molecule has 2 aromatic rings. The minimum Gasteiger partial charge on any atom is -0.342 e. The van der Waals surface area contributed by atoms with Crippen LogP contribution in [0.5, 0.6) is 0 Å². The molecule has 3 rings (SSSR count). The number of benzene rings is 1. The van der Waals surface area contributed by atoms with Gasteiger partial charge in [0.1, 0.15) is 0 Å². The highest BCUT2D eigenvalue weighted by Gasteiger charge is 2.34. The number of piperidine rings is 1. The molecule has 0 unspecified atom stereocenters. The highest BCUT2D eigenvalue weighted by molar-refractivity contribution is 5.31. The van der Waals surface area contributed by atoms with Gasteiger partial charge in [0.15, 0.2) is 5.69 Å². The van der Waals surface area contributed by atoms with E-state index >= 15 is 0 Å². The van der Waals surface area contributed by atoms with Crippen molar-refractivity contribution in [2.24, 2.45) is 5.92 Å². The summed E-state index contributed by atoms with van der Waals surface area (Å²) in [6.07, 6.45) is -1.94. The Kier molecular flexibility index (Phi) is 4.59. The molecule has 0 spiro atoms. The highest BCUT2D eigenvalue weighted by Crippen LogP contribution is 2.28. The molecule has 7 heteroatoms. The van der Waals surface area contributed by atoms with Gasteiger partial charge >= 0.3 is 6.18 Å². The molecule has 1 fully saturated rings. The van der Waals surface area contributed by atoms with E-state index in [1.54, 1.807) is 4.90 Å². The van der Waals surface area contributed by atoms with Gasteiger partial charge in [-0.2, -0.15) is 13.2 Å². The highest BCUT2D eigenvalue weighted by atomic mass is 19.4. The summed E-state index contributed by atoms with van der Waals surface area (Å²) in [4.78, 5) is 19.2. The number of aromatic amines is 1. The Bertz CT molecular complexity index is 735. The second-order valence-electron chi connectivity index (χ2n) is 6.07. The zero-order chi connectivity index (χ0) is 17.2. The van der Waals surface area contributed by atoms with E-state index in [0.29, 0.717) is 25.1 Å². The van der Waals surface area contributed by atoms with Crippen LogP contribution in [0.15, 0.2) is 41.2 Å². The summed E-state index contributed by atoms with van der Waals surface area (Å²) in [5.74, 6) is 0.495. The molecular formula is C17H18F3N3O. The summed E-state index contributed by atoms with van der Waals surface area (Å²) < 4.78 is 38.4. The van der Waals surface area contributed by atoms with Crippen molar-refractivity contribution in [1.29, 1.82) is 0 Å². The van der Waals surface area contributed by atoms with Crippen LogP contribution in [0, 0.1) is 5.92 Å². The first-order valence-corrected chi connectivity index (χ1v) is 7.89. The molecule has 0 radical (unpaired) electrons. The summed E-state index contributed by atoms with van der Waals surface area (Å²) in [7, 11) is 0. The van der Waals surface area contributed by atoms with Gasteiger partial charge in [-0.1, -0.05) is 30.3 Å². The molecule has 0 aliphatic carbocycles. The lowest BCUT2D eigenvalue weighted by Crippen LogP contribution is -2.37. The van der Waals surface area contributed by atoms with Crippen molar-refractivity contribution in [3.05, 3.63) is 58.0 Å². The van der Waals surface area contributed by atoms with Gasteiger partial charge in [-0.25, -0.2) is 4.98 Å². The predicted molar refractivity (Wildman–Crippen MR) is 84.9 cm³/mol. The van der Waals surface area contributed by atoms with Gasteiger partial charge < -0.3 is 4.90 Å². The lowest BCUT2D eigenvalue weighted by molar-refractivity contribution is -0.141. The van der Waals surface area contributed by atoms with Crippen LogP contribution in [-0.4, -0.2) is 23.1 Å². The van der Waals surface area contributed by atoms with Crippen molar-refractivity contribution in [2.75, 3.05) is 18.0 Å². The average Bonchev–Trinajstić information content (AvgIpc) is 2.55. The number of anilines is 1. The summed E-state index contributed by atoms with van der Waals surface area (Å²) in [6.45, 7) is 1.17. The molecule has 4 nitrogen and oxygen atoms in total. The average molecular weight is 337 g/mol. The third kappa shape index (κ3) is 3.96. The Hall–Kier alpha value is -2.31. The van der Waals surface area contributed by atoms with Gasteiger partial charge in [0, 0.05) is 19.2 Å². The summed E-state index contributed by atoms with van der Waals surface area (Å²) in [5.41, 5.74) is -0.659. The van der Waals surface area contributed by atoms with Crippen LogP contribution in [0.25, 0.3) is 0 Å². The van der Waals surface area contributed by atoms with Gasteiger partial charge in [0.2, 0.25) is 5.95 Å². The number of aromatic nitrogens is 2. The standard InChI is InChI=1S/C17H18F3N3O/c18-17(19,20)14-11-15(24)22-16(21-14)23-8-6-13(7-9-23)10-12-4-2-1-3-5-12/h1-5,11,13H,6-10H2,(H,21,22,24). The molecule has 2 heterocycles. The number of hydrogen-bond donors (Lipinski definition) is 1. The topological polar surface area (TPSA) is 49.0 Å². The minimum atomic E-state index is -4.62. The molecular weight excluding hydrogens is 319 g/mol. The molecule has 0 bridgehead atoms. The molecule has 24 heavy (non-hydrogen) atoms. The van der Waals surface area contributed by atoms with Gasteiger partial charge in [-0.15, -0.1) is 0 Å². The molecule has 0 atom stereocenters. The summed E-state index contributed by atoms with van der Waals surface area (Å²) >= 11 is 0. The van der Waals surface area contributed by atoms with E-state index in [2.05, 4.69) is 22.1 Å². The third-order valence-corrected chi connectivity index (χ3v) is 4.30. The van der Waals surface area contributed by atoms with Crippen LogP contribution in [0.3, 0.4) is 0 Å². The Morgan fingerprint density at radius 2 is 1.83 bits per heavy atom. The fourth-order valence-electron chi connectivity index (χ4n) is 3.04. The molecule has 0 saturated carbocycles. The molecule has 1 saturated heterocycles. The maximum atomic E-state index is 12.8. The molecule has 1 aliphatic rings. The zero-order valence-electron chi connectivity index (χ0n) is 13.0. The largest absolute Gasteiger partial charge is 0.433 e. The number of alkyl halides is 3. The fourth-order valence-corrected chi connectivity index (χ4v) is 3.04. The van der Waals surface area contributed by atoms with Crippen LogP contribution in [-0.2, 0) is 12.6 Å². The van der Waals surface area contributed by atoms with E-state index in [-0.39, 0.29) is 5.95 Å².